The Kier molecular flexibility index (Phi) is 7.89. The number of aliphatic imine (C=N–C) groups is 1. The maximum absolute atomic E-state index is 13.2. The minimum atomic E-state index is -0.226. The largest absolute Gasteiger partial charge is 0.361 e. The molecule has 6 nitrogen and oxygen atoms in total. The van der Waals surface area contributed by atoms with E-state index < -0.39 is 0 Å². The highest BCUT2D eigenvalue weighted by atomic mass is 127. The summed E-state index contributed by atoms with van der Waals surface area (Å²) >= 11 is 0. The molecular weight excluding hydrogens is 446 g/mol. The highest BCUT2D eigenvalue weighted by molar-refractivity contribution is 14.0. The third-order valence-corrected chi connectivity index (χ3v) is 3.95. The van der Waals surface area contributed by atoms with E-state index in [1.54, 1.807) is 12.5 Å². The second-order valence-corrected chi connectivity index (χ2v) is 5.74. The fourth-order valence-electron chi connectivity index (χ4n) is 2.72. The lowest BCUT2D eigenvalue weighted by atomic mass is 10.1. The van der Waals surface area contributed by atoms with Crippen molar-refractivity contribution in [2.24, 2.45) is 4.99 Å². The molecule has 0 aliphatic carbocycles. The zero-order chi connectivity index (χ0) is 17.5. The van der Waals surface area contributed by atoms with Gasteiger partial charge in [0, 0.05) is 55.7 Å². The first-order valence-corrected chi connectivity index (χ1v) is 8.49. The molecule has 0 aliphatic heterocycles. The van der Waals surface area contributed by atoms with E-state index in [-0.39, 0.29) is 29.8 Å². The van der Waals surface area contributed by atoms with E-state index in [0.29, 0.717) is 6.54 Å². The summed E-state index contributed by atoms with van der Waals surface area (Å²) in [5.41, 5.74) is 1.97. The number of rotatable bonds is 7. The third kappa shape index (κ3) is 5.45. The summed E-state index contributed by atoms with van der Waals surface area (Å²) < 4.78 is 15.3. The Hall–Kier alpha value is -2.10. The molecule has 0 fully saturated rings. The third-order valence-electron chi connectivity index (χ3n) is 3.95. The monoisotopic (exact) mass is 470 g/mol. The second kappa shape index (κ2) is 10.1. The highest BCUT2D eigenvalue weighted by Crippen LogP contribution is 2.19. The molecule has 0 amide bonds. The van der Waals surface area contributed by atoms with Crippen molar-refractivity contribution in [1.29, 1.82) is 0 Å². The van der Waals surface area contributed by atoms with Crippen LogP contribution in [-0.4, -0.2) is 40.1 Å². The number of fused-ring (bicyclic) bond motifs is 1. The topological polar surface area (TPSA) is 70.0 Å². The molecule has 0 spiro atoms. The molecule has 0 radical (unpaired) electrons. The molecule has 0 bridgehead atoms. The number of hydrogen-bond acceptors (Lipinski definition) is 2. The van der Waals surface area contributed by atoms with Crippen LogP contribution < -0.4 is 10.6 Å². The number of guanidine groups is 1. The van der Waals surface area contributed by atoms with Crippen molar-refractivity contribution in [3.05, 3.63) is 54.5 Å². The quantitative estimate of drug-likeness (QED) is 0.283. The highest BCUT2D eigenvalue weighted by Gasteiger charge is 2.04. The zero-order valence-corrected chi connectivity index (χ0v) is 17.0. The summed E-state index contributed by atoms with van der Waals surface area (Å²) in [5.74, 6) is 0.573. The summed E-state index contributed by atoms with van der Waals surface area (Å²) in [6, 6.07) is 4.82. The lowest BCUT2D eigenvalue weighted by Gasteiger charge is -2.11. The summed E-state index contributed by atoms with van der Waals surface area (Å²) in [4.78, 5) is 11.8. The lowest BCUT2D eigenvalue weighted by Crippen LogP contribution is -2.39. The fraction of sp³-hybridized carbons (Fsp3) is 0.333. The Morgan fingerprint density at radius 2 is 2.23 bits per heavy atom. The fourth-order valence-corrected chi connectivity index (χ4v) is 2.72. The molecule has 0 saturated heterocycles. The van der Waals surface area contributed by atoms with E-state index in [9.17, 15) is 4.39 Å². The first-order valence-electron chi connectivity index (χ1n) is 8.49. The Bertz CT molecular complexity index is 827. The number of halogens is 2. The van der Waals surface area contributed by atoms with Crippen molar-refractivity contribution >= 4 is 40.8 Å². The van der Waals surface area contributed by atoms with Crippen molar-refractivity contribution < 1.29 is 4.39 Å². The van der Waals surface area contributed by atoms with Crippen LogP contribution in [0.1, 0.15) is 12.5 Å². The zero-order valence-electron chi connectivity index (χ0n) is 14.7. The van der Waals surface area contributed by atoms with Gasteiger partial charge >= 0.3 is 0 Å². The number of nitrogens with one attached hydrogen (secondary N) is 3. The number of hydrogen-bond donors (Lipinski definition) is 3. The molecule has 2 aromatic heterocycles. The van der Waals surface area contributed by atoms with Gasteiger partial charge in [0.15, 0.2) is 5.96 Å². The van der Waals surface area contributed by atoms with Gasteiger partial charge in [0.25, 0.3) is 0 Å². The molecule has 0 atom stereocenters. The maximum Gasteiger partial charge on any atom is 0.191 e. The molecule has 3 N–H and O–H groups in total. The minimum absolute atomic E-state index is 0. The number of benzene rings is 1. The number of H-pyrrole nitrogens is 1. The standard InChI is InChI=1S/C18H23FN6.HI/c1-2-21-18(23-8-10-25-9-7-20-13-25)22-6-5-14-12-24-17-11-15(19)3-4-16(14)17;/h3-4,7,9,11-13,24H,2,5-6,8,10H2,1H3,(H2,21,22,23);1H. The van der Waals surface area contributed by atoms with Crippen LogP contribution in [0.4, 0.5) is 4.39 Å². The molecule has 0 saturated carbocycles. The second-order valence-electron chi connectivity index (χ2n) is 5.74. The normalized spacial score (nSPS) is 11.4. The molecule has 2 heterocycles. The van der Waals surface area contributed by atoms with E-state index in [1.807, 2.05) is 30.0 Å². The molecule has 0 unspecified atom stereocenters. The van der Waals surface area contributed by atoms with Crippen molar-refractivity contribution in [2.75, 3.05) is 19.6 Å². The van der Waals surface area contributed by atoms with Crippen LogP contribution in [0.5, 0.6) is 0 Å². The predicted octanol–water partition coefficient (Wildman–Crippen LogP) is 2.92. The van der Waals surface area contributed by atoms with Gasteiger partial charge in [-0.05, 0) is 37.1 Å². The van der Waals surface area contributed by atoms with Crippen molar-refractivity contribution in [2.45, 2.75) is 19.9 Å². The maximum atomic E-state index is 13.2. The number of aromatic nitrogens is 3. The van der Waals surface area contributed by atoms with Gasteiger partial charge in [-0.1, -0.05) is 0 Å². The van der Waals surface area contributed by atoms with Gasteiger partial charge in [0.05, 0.1) is 6.33 Å². The van der Waals surface area contributed by atoms with Crippen LogP contribution >= 0.6 is 24.0 Å². The summed E-state index contributed by atoms with van der Waals surface area (Å²) in [6.45, 7) is 5.11. The van der Waals surface area contributed by atoms with Crippen LogP contribution in [0.3, 0.4) is 0 Å². The van der Waals surface area contributed by atoms with Crippen LogP contribution in [-0.2, 0) is 13.0 Å². The van der Waals surface area contributed by atoms with Crippen LogP contribution in [0.2, 0.25) is 0 Å². The molecule has 26 heavy (non-hydrogen) atoms. The first-order chi connectivity index (χ1) is 12.3. The molecular formula is C18H24FIN6. The molecule has 3 aromatic rings. The Morgan fingerprint density at radius 1 is 1.35 bits per heavy atom. The summed E-state index contributed by atoms with van der Waals surface area (Å²) in [6.07, 6.45) is 8.23. The first kappa shape index (κ1) is 20.2. The SMILES string of the molecule is CCNC(=NCCc1c[nH]c2cc(F)ccc12)NCCn1ccnc1.I. The summed E-state index contributed by atoms with van der Waals surface area (Å²) in [7, 11) is 0. The molecule has 140 valence electrons. The predicted molar refractivity (Wildman–Crippen MR) is 114 cm³/mol. The molecule has 3 rings (SSSR count). The van der Waals surface area contributed by atoms with E-state index in [4.69, 9.17) is 0 Å². The minimum Gasteiger partial charge on any atom is -0.361 e. The van der Waals surface area contributed by atoms with Crippen molar-refractivity contribution in [3.8, 4) is 0 Å². The van der Waals surface area contributed by atoms with E-state index in [0.717, 1.165) is 48.5 Å². The average Bonchev–Trinajstić information content (AvgIpc) is 3.24. The number of nitrogens with zero attached hydrogens (tertiary/aromatic N) is 3. The van der Waals surface area contributed by atoms with Gasteiger partial charge in [-0.15, -0.1) is 24.0 Å². The van der Waals surface area contributed by atoms with Gasteiger partial charge in [0.2, 0.25) is 0 Å². The Morgan fingerprint density at radius 3 is 3.00 bits per heavy atom. The molecule has 1 aromatic carbocycles. The average molecular weight is 470 g/mol. The molecule has 8 heteroatoms. The van der Waals surface area contributed by atoms with Crippen molar-refractivity contribution in [1.82, 2.24) is 25.2 Å². The number of aromatic amines is 1. The smallest absolute Gasteiger partial charge is 0.191 e. The van der Waals surface area contributed by atoms with E-state index in [1.165, 1.54) is 12.1 Å². The van der Waals surface area contributed by atoms with E-state index in [2.05, 4.69) is 25.6 Å². The number of imidazole rings is 1. The van der Waals surface area contributed by atoms with Crippen LogP contribution in [0.25, 0.3) is 10.9 Å². The molecule has 0 aliphatic rings. The Balaban J connectivity index is 0.00000243. The van der Waals surface area contributed by atoms with Gasteiger partial charge < -0.3 is 20.2 Å². The summed E-state index contributed by atoms with van der Waals surface area (Å²) in [5, 5.41) is 7.61. The van der Waals surface area contributed by atoms with Crippen molar-refractivity contribution in [3.63, 3.8) is 0 Å². The Labute approximate surface area is 169 Å². The van der Waals surface area contributed by atoms with Gasteiger partial charge in [-0.3, -0.25) is 4.99 Å². The van der Waals surface area contributed by atoms with Gasteiger partial charge in [-0.25, -0.2) is 9.37 Å². The van der Waals surface area contributed by atoms with Crippen LogP contribution in [0.15, 0.2) is 48.1 Å². The van der Waals surface area contributed by atoms with Crippen LogP contribution in [0, 0.1) is 5.82 Å². The lowest BCUT2D eigenvalue weighted by molar-refractivity contribution is 0.629. The van der Waals surface area contributed by atoms with Gasteiger partial charge in [0.1, 0.15) is 5.82 Å². The van der Waals surface area contributed by atoms with Gasteiger partial charge in [-0.2, -0.15) is 0 Å². The van der Waals surface area contributed by atoms with E-state index >= 15 is 0 Å².